The molecule has 4 heterocycles. The molecule has 6 heteroatoms. The number of fused-ring (bicyclic) bond motifs is 12. The Labute approximate surface area is 322 Å². The average molecular weight is 739 g/mol. The molecule has 2 aromatic heterocycles. The van der Waals surface area contributed by atoms with Gasteiger partial charge in [-0.25, -0.2) is 4.98 Å². The highest BCUT2D eigenvalue weighted by Gasteiger charge is 2.55. The molecule has 0 amide bonds. The van der Waals surface area contributed by atoms with Crippen LogP contribution in [0.2, 0.25) is 0 Å². The van der Waals surface area contributed by atoms with Crippen LogP contribution in [0.15, 0.2) is 192 Å². The fourth-order valence-corrected chi connectivity index (χ4v) is 12.6. The zero-order valence-electron chi connectivity index (χ0n) is 30.0. The van der Waals surface area contributed by atoms with E-state index in [2.05, 4.69) is 114 Å². The predicted octanol–water partition coefficient (Wildman–Crippen LogP) is 11.0. The lowest BCUT2D eigenvalue weighted by molar-refractivity contribution is 0.435. The minimum Gasteiger partial charge on any atom is -0.457 e. The van der Waals surface area contributed by atoms with Gasteiger partial charge in [0.1, 0.15) is 28.5 Å². The highest BCUT2D eigenvalue weighted by molar-refractivity contribution is 7.85. The molecule has 2 unspecified atom stereocenters. The molecule has 0 fully saturated rings. The van der Waals surface area contributed by atoms with Crippen molar-refractivity contribution in [3.63, 3.8) is 0 Å². The van der Waals surface area contributed by atoms with E-state index in [1.54, 1.807) is 0 Å². The largest absolute Gasteiger partial charge is 0.457 e. The van der Waals surface area contributed by atoms with Crippen molar-refractivity contribution >= 4 is 56.0 Å². The standard InChI is InChI=1S/C50H31N2O3P/c53-56(34-17-5-2-6-18-34)47-26-14-9-21-39(47)50(40-30-36-35-19-7-12-24-43(35)54-45(36)31-48(40)56)37-20-8-13-25-44(37)55-46-29-32(27-28-38(46)50)49-51-41-22-10-11-23-42(41)52(49)33-15-3-1-4-16-33/h1-31H. The van der Waals surface area contributed by atoms with Crippen LogP contribution in [-0.2, 0) is 9.98 Å². The molecule has 8 aromatic carbocycles. The van der Waals surface area contributed by atoms with E-state index in [-0.39, 0.29) is 0 Å². The SMILES string of the molecule is O=P1(c2ccccc2)c2ccccc2C2(c3ccccc3Oc3cc(-c4nc5ccccc5n4-c4ccccc4)ccc32)c2cc3c(cc21)oc1ccccc13. The Morgan fingerprint density at radius 3 is 2.09 bits per heavy atom. The van der Waals surface area contributed by atoms with E-state index in [1.807, 2.05) is 78.9 Å². The van der Waals surface area contributed by atoms with E-state index in [4.69, 9.17) is 14.1 Å². The van der Waals surface area contributed by atoms with Crippen molar-refractivity contribution in [2.45, 2.75) is 5.41 Å². The van der Waals surface area contributed by atoms with E-state index in [1.165, 1.54) is 0 Å². The molecule has 264 valence electrons. The van der Waals surface area contributed by atoms with Crippen LogP contribution in [0.3, 0.4) is 0 Å². The van der Waals surface area contributed by atoms with Crippen LogP contribution >= 0.6 is 7.14 Å². The van der Waals surface area contributed by atoms with Gasteiger partial charge in [0, 0.05) is 49.1 Å². The fourth-order valence-electron chi connectivity index (χ4n) is 9.40. The minimum absolute atomic E-state index is 0.714. The van der Waals surface area contributed by atoms with E-state index in [0.717, 1.165) is 94.1 Å². The predicted molar refractivity (Wildman–Crippen MR) is 225 cm³/mol. The van der Waals surface area contributed by atoms with Crippen LogP contribution in [0.25, 0.3) is 50.0 Å². The average Bonchev–Trinajstić information content (AvgIpc) is 3.84. The van der Waals surface area contributed by atoms with Crippen molar-refractivity contribution in [2.75, 3.05) is 0 Å². The van der Waals surface area contributed by atoms with Gasteiger partial charge in [-0.1, -0.05) is 133 Å². The van der Waals surface area contributed by atoms with Crippen LogP contribution in [-0.4, -0.2) is 9.55 Å². The maximum Gasteiger partial charge on any atom is 0.171 e. The first-order valence-corrected chi connectivity index (χ1v) is 20.5. The number of imidazole rings is 1. The third-order valence-electron chi connectivity index (χ3n) is 11.7. The van der Waals surface area contributed by atoms with Gasteiger partial charge in [-0.2, -0.15) is 0 Å². The Hall–Kier alpha value is -6.94. The summed E-state index contributed by atoms with van der Waals surface area (Å²) in [6.45, 7) is 0. The lowest BCUT2D eigenvalue weighted by Gasteiger charge is -2.47. The summed E-state index contributed by atoms with van der Waals surface area (Å²) in [6.07, 6.45) is 0. The van der Waals surface area contributed by atoms with Crippen LogP contribution < -0.4 is 20.7 Å². The summed E-state index contributed by atoms with van der Waals surface area (Å²) in [5.74, 6) is 2.30. The van der Waals surface area contributed by atoms with Crippen LogP contribution in [0.4, 0.5) is 0 Å². The fraction of sp³-hybridized carbons (Fsp3) is 0.0200. The van der Waals surface area contributed by atoms with Gasteiger partial charge in [0.15, 0.2) is 7.14 Å². The molecule has 0 radical (unpaired) electrons. The topological polar surface area (TPSA) is 57.3 Å². The number of nitrogens with zero attached hydrogens (tertiary/aromatic N) is 2. The summed E-state index contributed by atoms with van der Waals surface area (Å²) in [4.78, 5) is 5.20. The molecule has 2 aliphatic heterocycles. The minimum atomic E-state index is -3.44. The van der Waals surface area contributed by atoms with Gasteiger partial charge in [0.05, 0.1) is 16.4 Å². The van der Waals surface area contributed by atoms with E-state index in [0.29, 0.717) is 5.58 Å². The zero-order valence-corrected chi connectivity index (χ0v) is 30.9. The van der Waals surface area contributed by atoms with Gasteiger partial charge in [-0.3, -0.25) is 4.57 Å². The van der Waals surface area contributed by atoms with Crippen molar-refractivity contribution in [3.8, 4) is 28.6 Å². The first-order valence-electron chi connectivity index (χ1n) is 18.8. The second kappa shape index (κ2) is 11.5. The summed E-state index contributed by atoms with van der Waals surface area (Å²) in [6, 6.07) is 64.1. The molecule has 0 saturated carbocycles. The number of rotatable bonds is 3. The molecule has 0 saturated heterocycles. The summed E-state index contributed by atoms with van der Waals surface area (Å²) >= 11 is 0. The Morgan fingerprint density at radius 2 is 1.21 bits per heavy atom. The van der Waals surface area contributed by atoms with Crippen molar-refractivity contribution in [1.29, 1.82) is 0 Å². The number of benzene rings is 8. The Bertz CT molecular complexity index is 3270. The van der Waals surface area contributed by atoms with Gasteiger partial charge >= 0.3 is 0 Å². The first-order chi connectivity index (χ1) is 27.6. The van der Waals surface area contributed by atoms with E-state index in [9.17, 15) is 0 Å². The third-order valence-corrected chi connectivity index (χ3v) is 14.9. The molecule has 5 nitrogen and oxygen atoms in total. The number of aromatic nitrogens is 2. The number of furan rings is 1. The number of hydrogen-bond acceptors (Lipinski definition) is 4. The summed E-state index contributed by atoms with van der Waals surface area (Å²) in [5.41, 5.74) is 8.43. The highest BCUT2D eigenvalue weighted by atomic mass is 31.2. The number of para-hydroxylation sites is 5. The molecule has 0 N–H and O–H groups in total. The summed E-state index contributed by atoms with van der Waals surface area (Å²) < 4.78 is 32.1. The summed E-state index contributed by atoms with van der Waals surface area (Å²) in [5, 5.41) is 4.37. The molecule has 56 heavy (non-hydrogen) atoms. The molecule has 10 aromatic rings. The van der Waals surface area contributed by atoms with Gasteiger partial charge in [0.25, 0.3) is 0 Å². The van der Waals surface area contributed by atoms with E-state index >= 15 is 4.57 Å². The zero-order chi connectivity index (χ0) is 37.0. The quantitative estimate of drug-likeness (QED) is 0.169. The van der Waals surface area contributed by atoms with Gasteiger partial charge in [0.2, 0.25) is 0 Å². The van der Waals surface area contributed by atoms with Crippen LogP contribution in [0.1, 0.15) is 22.3 Å². The smallest absolute Gasteiger partial charge is 0.171 e. The Kier molecular flexibility index (Phi) is 6.47. The molecular weight excluding hydrogens is 708 g/mol. The van der Waals surface area contributed by atoms with Gasteiger partial charge in [-0.15, -0.1) is 0 Å². The van der Waals surface area contributed by atoms with Crippen molar-refractivity contribution < 1.29 is 13.7 Å². The highest BCUT2D eigenvalue weighted by Crippen LogP contribution is 2.62. The van der Waals surface area contributed by atoms with Gasteiger partial charge < -0.3 is 13.7 Å². The van der Waals surface area contributed by atoms with Crippen LogP contribution in [0, 0.1) is 0 Å². The second-order valence-electron chi connectivity index (χ2n) is 14.6. The molecule has 0 bridgehead atoms. The molecular formula is C50H31N2O3P. The third kappa shape index (κ3) is 4.10. The maximum atomic E-state index is 16.4. The molecule has 2 atom stereocenters. The Morgan fingerprint density at radius 1 is 0.518 bits per heavy atom. The van der Waals surface area contributed by atoms with E-state index < -0.39 is 12.6 Å². The van der Waals surface area contributed by atoms with Crippen molar-refractivity contribution in [3.05, 3.63) is 210 Å². The molecule has 1 spiro atoms. The normalized spacial score (nSPS) is 18.0. The second-order valence-corrected chi connectivity index (χ2v) is 17.3. The van der Waals surface area contributed by atoms with Crippen LogP contribution in [0.5, 0.6) is 11.5 Å². The number of hydrogen-bond donors (Lipinski definition) is 0. The van der Waals surface area contributed by atoms with Crippen molar-refractivity contribution in [2.24, 2.45) is 0 Å². The molecule has 2 aliphatic rings. The summed E-state index contributed by atoms with van der Waals surface area (Å²) in [7, 11) is -3.44. The monoisotopic (exact) mass is 738 g/mol. The molecule has 12 rings (SSSR count). The van der Waals surface area contributed by atoms with Crippen molar-refractivity contribution in [1.82, 2.24) is 9.55 Å². The molecule has 0 aliphatic carbocycles. The lowest BCUT2D eigenvalue weighted by atomic mass is 9.63. The maximum absolute atomic E-state index is 16.4. The number of ether oxygens (including phenoxy) is 1. The Balaban J connectivity index is 1.21. The lowest BCUT2D eigenvalue weighted by Crippen LogP contribution is -2.47. The first kappa shape index (κ1) is 31.4. The van der Waals surface area contributed by atoms with Gasteiger partial charge in [-0.05, 0) is 65.7 Å².